The highest BCUT2D eigenvalue weighted by molar-refractivity contribution is 5.59. The lowest BCUT2D eigenvalue weighted by Crippen LogP contribution is -2.11. The van der Waals surface area contributed by atoms with E-state index in [1.54, 1.807) is 7.11 Å². The van der Waals surface area contributed by atoms with Crippen molar-refractivity contribution in [2.75, 3.05) is 20.3 Å². The van der Waals surface area contributed by atoms with E-state index in [-0.39, 0.29) is 6.10 Å². The molecule has 0 unspecified atom stereocenters. The van der Waals surface area contributed by atoms with Crippen LogP contribution >= 0.6 is 0 Å². The Morgan fingerprint density at radius 1 is 1.22 bits per heavy atom. The molecule has 6 heteroatoms. The lowest BCUT2D eigenvalue weighted by molar-refractivity contribution is -0.00126. The fourth-order valence-corrected chi connectivity index (χ4v) is 2.55. The predicted octanol–water partition coefficient (Wildman–Crippen LogP) is 3.78. The van der Waals surface area contributed by atoms with Gasteiger partial charge in [0.05, 0.1) is 13.7 Å². The molecule has 6 nitrogen and oxygen atoms in total. The van der Waals surface area contributed by atoms with E-state index in [1.807, 2.05) is 18.2 Å². The van der Waals surface area contributed by atoms with Gasteiger partial charge >= 0.3 is 0 Å². The molecule has 0 amide bonds. The van der Waals surface area contributed by atoms with Gasteiger partial charge in [0, 0.05) is 12.2 Å². The van der Waals surface area contributed by atoms with Gasteiger partial charge in [0.2, 0.25) is 11.8 Å². The maximum atomic E-state index is 5.79. The second-order valence-corrected chi connectivity index (χ2v) is 5.51. The molecular formula is C17H22N2O4. The van der Waals surface area contributed by atoms with E-state index in [9.17, 15) is 0 Å². The van der Waals surface area contributed by atoms with E-state index in [2.05, 4.69) is 17.1 Å². The second kappa shape index (κ2) is 7.46. The van der Waals surface area contributed by atoms with Gasteiger partial charge in [-0.15, -0.1) is 10.2 Å². The molecule has 0 radical (unpaired) electrons. The normalized spacial score (nSPS) is 17.9. The van der Waals surface area contributed by atoms with Crippen molar-refractivity contribution in [3.8, 4) is 23.0 Å². The molecule has 1 aromatic carbocycles. The fourth-order valence-electron chi connectivity index (χ4n) is 2.55. The van der Waals surface area contributed by atoms with Crippen molar-refractivity contribution in [3.63, 3.8) is 0 Å². The van der Waals surface area contributed by atoms with E-state index in [1.165, 1.54) is 0 Å². The van der Waals surface area contributed by atoms with Gasteiger partial charge in [0.1, 0.15) is 6.10 Å². The number of benzene rings is 1. The van der Waals surface area contributed by atoms with Gasteiger partial charge in [-0.05, 0) is 43.9 Å². The summed E-state index contributed by atoms with van der Waals surface area (Å²) in [6.45, 7) is 3.47. The first kappa shape index (κ1) is 15.8. The molecule has 0 spiro atoms. The molecule has 1 aliphatic rings. The molecule has 0 bridgehead atoms. The van der Waals surface area contributed by atoms with Gasteiger partial charge in [-0.2, -0.15) is 0 Å². The fraction of sp³-hybridized carbons (Fsp3) is 0.529. The van der Waals surface area contributed by atoms with Gasteiger partial charge in [0.15, 0.2) is 11.5 Å². The van der Waals surface area contributed by atoms with E-state index in [0.29, 0.717) is 29.9 Å². The van der Waals surface area contributed by atoms with Gasteiger partial charge in [-0.3, -0.25) is 0 Å². The van der Waals surface area contributed by atoms with Crippen LogP contribution in [-0.4, -0.2) is 30.5 Å². The van der Waals surface area contributed by atoms with Crippen molar-refractivity contribution in [3.05, 3.63) is 24.1 Å². The third-order valence-corrected chi connectivity index (χ3v) is 3.77. The van der Waals surface area contributed by atoms with Crippen LogP contribution in [0.5, 0.6) is 11.5 Å². The molecule has 1 saturated heterocycles. The maximum Gasteiger partial charge on any atom is 0.248 e. The van der Waals surface area contributed by atoms with Crippen molar-refractivity contribution in [2.24, 2.45) is 0 Å². The molecular weight excluding hydrogens is 296 g/mol. The first-order valence-corrected chi connectivity index (χ1v) is 8.08. The molecule has 2 heterocycles. The summed E-state index contributed by atoms with van der Waals surface area (Å²) >= 11 is 0. The first-order chi connectivity index (χ1) is 11.3. The van der Waals surface area contributed by atoms with Gasteiger partial charge in [0.25, 0.3) is 0 Å². The van der Waals surface area contributed by atoms with Crippen LogP contribution in [0.3, 0.4) is 0 Å². The summed E-state index contributed by atoms with van der Waals surface area (Å²) in [6, 6.07) is 5.61. The molecule has 1 atom stereocenters. The summed E-state index contributed by atoms with van der Waals surface area (Å²) in [6.07, 6.45) is 4.00. The number of nitrogens with zero attached hydrogens (tertiary/aromatic N) is 2. The molecule has 1 aromatic heterocycles. The Bertz CT molecular complexity index is 635. The molecule has 23 heavy (non-hydrogen) atoms. The quantitative estimate of drug-likeness (QED) is 0.807. The van der Waals surface area contributed by atoms with Crippen LogP contribution in [0.1, 0.15) is 44.6 Å². The predicted molar refractivity (Wildman–Crippen MR) is 84.6 cm³/mol. The highest BCUT2D eigenvalue weighted by Gasteiger charge is 2.22. The van der Waals surface area contributed by atoms with Crippen molar-refractivity contribution in [2.45, 2.75) is 38.7 Å². The Morgan fingerprint density at radius 2 is 2.13 bits per heavy atom. The van der Waals surface area contributed by atoms with Crippen molar-refractivity contribution in [1.82, 2.24) is 10.2 Å². The Hall–Kier alpha value is -2.08. The molecule has 1 fully saturated rings. The number of rotatable bonds is 6. The van der Waals surface area contributed by atoms with Crippen LogP contribution in [0, 0.1) is 0 Å². The van der Waals surface area contributed by atoms with Crippen LogP contribution in [0.15, 0.2) is 22.6 Å². The van der Waals surface area contributed by atoms with Crippen molar-refractivity contribution < 1.29 is 18.6 Å². The minimum atomic E-state index is -0.0842. The van der Waals surface area contributed by atoms with Crippen LogP contribution in [0.2, 0.25) is 0 Å². The minimum absolute atomic E-state index is 0.0842. The highest BCUT2D eigenvalue weighted by atomic mass is 16.5. The zero-order valence-electron chi connectivity index (χ0n) is 13.6. The summed E-state index contributed by atoms with van der Waals surface area (Å²) in [5.74, 6) is 2.39. The summed E-state index contributed by atoms with van der Waals surface area (Å²) in [5.41, 5.74) is 0.806. The number of ether oxygens (including phenoxy) is 3. The summed E-state index contributed by atoms with van der Waals surface area (Å²) in [4.78, 5) is 0. The van der Waals surface area contributed by atoms with Gasteiger partial charge in [-0.25, -0.2) is 0 Å². The summed E-state index contributed by atoms with van der Waals surface area (Å²) < 4.78 is 22.5. The minimum Gasteiger partial charge on any atom is -0.493 e. The van der Waals surface area contributed by atoms with Crippen LogP contribution < -0.4 is 9.47 Å². The Kier molecular flexibility index (Phi) is 5.12. The average Bonchev–Trinajstić information content (AvgIpc) is 3.10. The van der Waals surface area contributed by atoms with Crippen molar-refractivity contribution in [1.29, 1.82) is 0 Å². The SMILES string of the molecule is CCCOc1ccc(-c2nnc([C@H]3CCCCO3)o2)cc1OC. The van der Waals surface area contributed by atoms with E-state index < -0.39 is 0 Å². The highest BCUT2D eigenvalue weighted by Crippen LogP contribution is 2.34. The number of hydrogen-bond acceptors (Lipinski definition) is 6. The third kappa shape index (κ3) is 3.64. The third-order valence-electron chi connectivity index (χ3n) is 3.77. The molecule has 0 N–H and O–H groups in total. The molecule has 0 saturated carbocycles. The Morgan fingerprint density at radius 3 is 2.87 bits per heavy atom. The van der Waals surface area contributed by atoms with Gasteiger partial charge in [-0.1, -0.05) is 6.92 Å². The van der Waals surface area contributed by atoms with E-state index in [0.717, 1.165) is 37.9 Å². The second-order valence-electron chi connectivity index (χ2n) is 5.51. The summed E-state index contributed by atoms with van der Waals surface area (Å²) in [7, 11) is 1.62. The summed E-state index contributed by atoms with van der Waals surface area (Å²) in [5, 5.41) is 8.27. The van der Waals surface area contributed by atoms with E-state index in [4.69, 9.17) is 18.6 Å². The molecule has 2 aromatic rings. The van der Waals surface area contributed by atoms with Crippen molar-refractivity contribution >= 4 is 0 Å². The van der Waals surface area contributed by atoms with Crippen LogP contribution in [0.25, 0.3) is 11.5 Å². The largest absolute Gasteiger partial charge is 0.493 e. The Balaban J connectivity index is 1.79. The van der Waals surface area contributed by atoms with E-state index >= 15 is 0 Å². The van der Waals surface area contributed by atoms with Crippen LogP contribution in [0.4, 0.5) is 0 Å². The number of aromatic nitrogens is 2. The smallest absolute Gasteiger partial charge is 0.248 e. The molecule has 0 aliphatic carbocycles. The van der Waals surface area contributed by atoms with Crippen LogP contribution in [-0.2, 0) is 4.74 Å². The zero-order valence-corrected chi connectivity index (χ0v) is 13.6. The monoisotopic (exact) mass is 318 g/mol. The average molecular weight is 318 g/mol. The lowest BCUT2D eigenvalue weighted by Gasteiger charge is -2.18. The molecule has 3 rings (SSSR count). The maximum absolute atomic E-state index is 5.79. The topological polar surface area (TPSA) is 66.6 Å². The molecule has 124 valence electrons. The number of hydrogen-bond donors (Lipinski definition) is 0. The standard InChI is InChI=1S/C17H22N2O4/c1-3-9-21-13-8-7-12(11-15(13)20-2)16-18-19-17(23-16)14-6-4-5-10-22-14/h7-8,11,14H,3-6,9-10H2,1-2H3/t14-/m1/s1. The Labute approximate surface area is 135 Å². The number of methoxy groups -OCH3 is 1. The van der Waals surface area contributed by atoms with Gasteiger partial charge < -0.3 is 18.6 Å². The first-order valence-electron chi connectivity index (χ1n) is 8.08. The zero-order chi connectivity index (χ0) is 16.1. The molecule has 1 aliphatic heterocycles. The lowest BCUT2D eigenvalue weighted by atomic mass is 10.1.